The first kappa shape index (κ1) is 15.1. The lowest BCUT2D eigenvalue weighted by atomic mass is 10.0. The highest BCUT2D eigenvalue weighted by Crippen LogP contribution is 2.39. The smallest absolute Gasteiger partial charge is 0.163 e. The molecule has 0 radical (unpaired) electrons. The van der Waals surface area contributed by atoms with E-state index in [0.717, 1.165) is 6.42 Å². The number of hydrogen-bond acceptors (Lipinski definition) is 3. The third kappa shape index (κ3) is 3.27. The molecule has 0 bridgehead atoms. The Morgan fingerprint density at radius 3 is 2.33 bits per heavy atom. The SMILES string of the molecule is COc1cc(F)c([C@H](N)CC2CC2)cc1OC.Cl. The van der Waals surface area contributed by atoms with Gasteiger partial charge in [-0.15, -0.1) is 12.4 Å². The van der Waals surface area contributed by atoms with E-state index < -0.39 is 0 Å². The van der Waals surface area contributed by atoms with Crippen molar-refractivity contribution < 1.29 is 13.9 Å². The quantitative estimate of drug-likeness (QED) is 0.898. The lowest BCUT2D eigenvalue weighted by Crippen LogP contribution is -2.13. The number of halogens is 2. The van der Waals surface area contributed by atoms with E-state index in [2.05, 4.69) is 0 Å². The van der Waals surface area contributed by atoms with Gasteiger partial charge < -0.3 is 15.2 Å². The predicted octanol–water partition coefficient (Wildman–Crippen LogP) is 3.06. The molecule has 5 heteroatoms. The average Bonchev–Trinajstić information content (AvgIpc) is 3.12. The Hall–Kier alpha value is -1.00. The molecular weight excluding hydrogens is 257 g/mol. The highest BCUT2D eigenvalue weighted by molar-refractivity contribution is 5.85. The fourth-order valence-electron chi connectivity index (χ4n) is 1.99. The van der Waals surface area contributed by atoms with Crippen molar-refractivity contribution >= 4 is 12.4 Å². The van der Waals surface area contributed by atoms with Crippen LogP contribution in [-0.4, -0.2) is 14.2 Å². The molecule has 2 rings (SSSR count). The molecular formula is C13H19ClFNO2. The van der Waals surface area contributed by atoms with Gasteiger partial charge >= 0.3 is 0 Å². The summed E-state index contributed by atoms with van der Waals surface area (Å²) < 4.78 is 24.1. The highest BCUT2D eigenvalue weighted by Gasteiger charge is 2.26. The topological polar surface area (TPSA) is 44.5 Å². The van der Waals surface area contributed by atoms with E-state index in [4.69, 9.17) is 15.2 Å². The van der Waals surface area contributed by atoms with Crippen LogP contribution < -0.4 is 15.2 Å². The molecule has 3 nitrogen and oxygen atoms in total. The monoisotopic (exact) mass is 275 g/mol. The van der Waals surface area contributed by atoms with Crippen LogP contribution in [0.4, 0.5) is 4.39 Å². The summed E-state index contributed by atoms with van der Waals surface area (Å²) in [6.07, 6.45) is 3.26. The maximum atomic E-state index is 13.9. The summed E-state index contributed by atoms with van der Waals surface area (Å²) in [6.45, 7) is 0. The highest BCUT2D eigenvalue weighted by atomic mass is 35.5. The molecule has 1 atom stereocenters. The average molecular weight is 276 g/mol. The normalized spacial score (nSPS) is 15.8. The molecule has 18 heavy (non-hydrogen) atoms. The van der Waals surface area contributed by atoms with E-state index in [9.17, 15) is 4.39 Å². The third-order valence-corrected chi connectivity index (χ3v) is 3.19. The van der Waals surface area contributed by atoms with Gasteiger partial charge in [-0.3, -0.25) is 0 Å². The number of methoxy groups -OCH3 is 2. The van der Waals surface area contributed by atoms with Crippen LogP contribution in [0.1, 0.15) is 30.9 Å². The van der Waals surface area contributed by atoms with Crippen molar-refractivity contribution in [2.24, 2.45) is 11.7 Å². The van der Waals surface area contributed by atoms with Crippen molar-refractivity contribution in [3.05, 3.63) is 23.5 Å². The molecule has 0 aromatic heterocycles. The van der Waals surface area contributed by atoms with Crippen LogP contribution in [-0.2, 0) is 0 Å². The minimum atomic E-state index is -0.323. The Labute approximate surface area is 113 Å². The number of hydrogen-bond donors (Lipinski definition) is 1. The van der Waals surface area contributed by atoms with E-state index in [0.29, 0.717) is 23.0 Å². The van der Waals surface area contributed by atoms with Gasteiger partial charge in [0.1, 0.15) is 5.82 Å². The number of benzene rings is 1. The van der Waals surface area contributed by atoms with Gasteiger partial charge in [0.25, 0.3) is 0 Å². The Balaban J connectivity index is 0.00000162. The number of rotatable bonds is 5. The molecule has 0 amide bonds. The molecule has 0 saturated heterocycles. The molecule has 102 valence electrons. The van der Waals surface area contributed by atoms with Crippen molar-refractivity contribution in [2.75, 3.05) is 14.2 Å². The molecule has 0 aliphatic heterocycles. The Morgan fingerprint density at radius 2 is 1.83 bits per heavy atom. The molecule has 0 spiro atoms. The summed E-state index contributed by atoms with van der Waals surface area (Å²) in [7, 11) is 3.02. The maximum absolute atomic E-state index is 13.9. The maximum Gasteiger partial charge on any atom is 0.163 e. The van der Waals surface area contributed by atoms with Crippen LogP contribution in [0.15, 0.2) is 12.1 Å². The molecule has 1 aromatic rings. The molecule has 0 heterocycles. The zero-order chi connectivity index (χ0) is 12.4. The molecule has 1 aliphatic rings. The zero-order valence-corrected chi connectivity index (χ0v) is 11.4. The summed E-state index contributed by atoms with van der Waals surface area (Å²) in [5, 5.41) is 0. The van der Waals surface area contributed by atoms with Gasteiger partial charge in [-0.05, 0) is 18.4 Å². The molecule has 2 N–H and O–H groups in total. The fraction of sp³-hybridized carbons (Fsp3) is 0.538. The predicted molar refractivity (Wildman–Crippen MR) is 71.0 cm³/mol. The lowest BCUT2D eigenvalue weighted by molar-refractivity contribution is 0.350. The van der Waals surface area contributed by atoms with Crippen LogP contribution in [0.5, 0.6) is 11.5 Å². The van der Waals surface area contributed by atoms with Crippen molar-refractivity contribution in [1.82, 2.24) is 0 Å². The van der Waals surface area contributed by atoms with E-state index >= 15 is 0 Å². The second-order valence-electron chi connectivity index (χ2n) is 4.51. The second kappa shape index (κ2) is 6.25. The van der Waals surface area contributed by atoms with Gasteiger partial charge in [0.15, 0.2) is 11.5 Å². The van der Waals surface area contributed by atoms with Gasteiger partial charge in [-0.1, -0.05) is 12.8 Å². The van der Waals surface area contributed by atoms with Crippen molar-refractivity contribution in [2.45, 2.75) is 25.3 Å². The Kier molecular flexibility index (Phi) is 5.23. The summed E-state index contributed by atoms with van der Waals surface area (Å²) in [5.41, 5.74) is 6.52. The molecule has 1 aromatic carbocycles. The van der Waals surface area contributed by atoms with E-state index in [-0.39, 0.29) is 24.3 Å². The number of nitrogens with two attached hydrogens (primary N) is 1. The van der Waals surface area contributed by atoms with Gasteiger partial charge in [0.05, 0.1) is 14.2 Å². The Morgan fingerprint density at radius 1 is 1.28 bits per heavy atom. The van der Waals surface area contributed by atoms with Gasteiger partial charge in [0, 0.05) is 17.7 Å². The first-order valence-electron chi connectivity index (χ1n) is 5.82. The van der Waals surface area contributed by atoms with Crippen LogP contribution >= 0.6 is 12.4 Å². The number of ether oxygens (including phenoxy) is 2. The molecule has 0 unspecified atom stereocenters. The Bertz CT molecular complexity index is 410. The molecule has 1 aliphatic carbocycles. The minimum absolute atomic E-state index is 0. The van der Waals surface area contributed by atoms with Crippen LogP contribution in [0, 0.1) is 11.7 Å². The molecule has 1 saturated carbocycles. The summed E-state index contributed by atoms with van der Waals surface area (Å²) >= 11 is 0. The van der Waals surface area contributed by atoms with Gasteiger partial charge in [-0.25, -0.2) is 4.39 Å². The standard InChI is InChI=1S/C13H18FNO2.ClH/c1-16-12-6-9(10(14)7-13(12)17-2)11(15)5-8-3-4-8;/h6-8,11H,3-5,15H2,1-2H3;1H/t11-;/m1./s1. The van der Waals surface area contributed by atoms with E-state index in [1.807, 2.05) is 0 Å². The van der Waals surface area contributed by atoms with Crippen LogP contribution in [0.3, 0.4) is 0 Å². The minimum Gasteiger partial charge on any atom is -0.493 e. The van der Waals surface area contributed by atoms with Gasteiger partial charge in [-0.2, -0.15) is 0 Å². The summed E-state index contributed by atoms with van der Waals surface area (Å²) in [6, 6.07) is 2.71. The first-order valence-corrected chi connectivity index (χ1v) is 5.82. The summed E-state index contributed by atoms with van der Waals surface area (Å²) in [4.78, 5) is 0. The summed E-state index contributed by atoms with van der Waals surface area (Å²) in [5.74, 6) is 1.26. The van der Waals surface area contributed by atoms with Crippen molar-refractivity contribution in [3.8, 4) is 11.5 Å². The van der Waals surface area contributed by atoms with Crippen LogP contribution in [0.25, 0.3) is 0 Å². The van der Waals surface area contributed by atoms with Gasteiger partial charge in [0.2, 0.25) is 0 Å². The first-order chi connectivity index (χ1) is 8.15. The zero-order valence-electron chi connectivity index (χ0n) is 10.6. The third-order valence-electron chi connectivity index (χ3n) is 3.19. The van der Waals surface area contributed by atoms with Crippen LogP contribution in [0.2, 0.25) is 0 Å². The van der Waals surface area contributed by atoms with Crippen molar-refractivity contribution in [3.63, 3.8) is 0 Å². The van der Waals surface area contributed by atoms with E-state index in [1.54, 1.807) is 6.07 Å². The van der Waals surface area contributed by atoms with E-state index in [1.165, 1.54) is 33.1 Å². The second-order valence-corrected chi connectivity index (χ2v) is 4.51. The lowest BCUT2D eigenvalue weighted by Gasteiger charge is -2.15. The largest absolute Gasteiger partial charge is 0.493 e. The molecule has 1 fully saturated rings. The van der Waals surface area contributed by atoms with Crippen molar-refractivity contribution in [1.29, 1.82) is 0 Å². The fourth-order valence-corrected chi connectivity index (χ4v) is 1.99.